The van der Waals surface area contributed by atoms with Crippen LogP contribution in [0, 0.1) is 5.92 Å². The number of phenolic OH excluding ortho intramolecular Hbond substituents is 1. The molecule has 1 aliphatic rings. The van der Waals surface area contributed by atoms with Crippen molar-refractivity contribution < 1.29 is 5.11 Å². The van der Waals surface area contributed by atoms with Crippen LogP contribution in [0.2, 0.25) is 0 Å². The molecule has 2 nitrogen and oxygen atoms in total. The van der Waals surface area contributed by atoms with E-state index in [-0.39, 0.29) is 0 Å². The van der Waals surface area contributed by atoms with Gasteiger partial charge in [-0.1, -0.05) is 19.1 Å². The zero-order valence-corrected chi connectivity index (χ0v) is 10.9. The summed E-state index contributed by atoms with van der Waals surface area (Å²) in [5.41, 5.74) is 1.20. The summed E-state index contributed by atoms with van der Waals surface area (Å²) in [7, 11) is 2.20. The lowest BCUT2D eigenvalue weighted by molar-refractivity contribution is 0.164. The Labute approximate surface area is 104 Å². The molecule has 2 rings (SSSR count). The van der Waals surface area contributed by atoms with Crippen LogP contribution in [0.3, 0.4) is 0 Å². The van der Waals surface area contributed by atoms with Crippen molar-refractivity contribution in [1.29, 1.82) is 0 Å². The average molecular weight is 233 g/mol. The number of hydrogen-bond acceptors (Lipinski definition) is 2. The van der Waals surface area contributed by atoms with Gasteiger partial charge < -0.3 is 5.11 Å². The largest absolute Gasteiger partial charge is 0.508 e. The first-order valence-electron chi connectivity index (χ1n) is 6.63. The highest BCUT2D eigenvalue weighted by atomic mass is 16.3. The van der Waals surface area contributed by atoms with Crippen LogP contribution in [0.25, 0.3) is 0 Å². The molecule has 1 saturated carbocycles. The SMILES string of the molecule is CC1CCC(N(C)Cc2cccc(O)c2)CC1. The zero-order chi connectivity index (χ0) is 12.3. The molecule has 1 aromatic rings. The maximum absolute atomic E-state index is 9.45. The highest BCUT2D eigenvalue weighted by molar-refractivity contribution is 5.27. The molecule has 0 heterocycles. The lowest BCUT2D eigenvalue weighted by atomic mass is 9.86. The van der Waals surface area contributed by atoms with Gasteiger partial charge in [-0.3, -0.25) is 4.90 Å². The minimum absolute atomic E-state index is 0.369. The van der Waals surface area contributed by atoms with Crippen LogP contribution in [0.4, 0.5) is 0 Å². The molecule has 2 heteroatoms. The van der Waals surface area contributed by atoms with Crippen LogP contribution in [0.1, 0.15) is 38.2 Å². The normalized spacial score (nSPS) is 25.1. The summed E-state index contributed by atoms with van der Waals surface area (Å²) < 4.78 is 0. The van der Waals surface area contributed by atoms with E-state index in [1.54, 1.807) is 6.07 Å². The van der Waals surface area contributed by atoms with Crippen molar-refractivity contribution in [2.45, 2.75) is 45.2 Å². The van der Waals surface area contributed by atoms with E-state index >= 15 is 0 Å². The molecule has 1 aliphatic carbocycles. The fraction of sp³-hybridized carbons (Fsp3) is 0.600. The van der Waals surface area contributed by atoms with E-state index in [4.69, 9.17) is 0 Å². The molecule has 0 aliphatic heterocycles. The van der Waals surface area contributed by atoms with E-state index in [1.165, 1.54) is 31.2 Å². The van der Waals surface area contributed by atoms with Crippen LogP contribution in [-0.2, 0) is 6.54 Å². The molecule has 1 fully saturated rings. The Morgan fingerprint density at radius 3 is 2.59 bits per heavy atom. The number of benzene rings is 1. The van der Waals surface area contributed by atoms with Crippen LogP contribution in [-0.4, -0.2) is 23.1 Å². The van der Waals surface area contributed by atoms with Crippen molar-refractivity contribution in [2.24, 2.45) is 5.92 Å². The molecule has 0 bridgehead atoms. The van der Waals surface area contributed by atoms with E-state index < -0.39 is 0 Å². The van der Waals surface area contributed by atoms with Gasteiger partial charge in [0.2, 0.25) is 0 Å². The first-order chi connectivity index (χ1) is 8.15. The number of phenols is 1. The zero-order valence-electron chi connectivity index (χ0n) is 10.9. The van der Waals surface area contributed by atoms with Gasteiger partial charge in [-0.2, -0.15) is 0 Å². The molecule has 1 N–H and O–H groups in total. The fourth-order valence-electron chi connectivity index (χ4n) is 2.76. The highest BCUT2D eigenvalue weighted by Gasteiger charge is 2.21. The van der Waals surface area contributed by atoms with Gasteiger partial charge in [0.05, 0.1) is 0 Å². The summed E-state index contributed by atoms with van der Waals surface area (Å²) in [6.45, 7) is 3.29. The van der Waals surface area contributed by atoms with Gasteiger partial charge in [0.25, 0.3) is 0 Å². The minimum atomic E-state index is 0.369. The highest BCUT2D eigenvalue weighted by Crippen LogP contribution is 2.27. The Morgan fingerprint density at radius 2 is 1.94 bits per heavy atom. The van der Waals surface area contributed by atoms with E-state index in [0.717, 1.165) is 12.5 Å². The third-order valence-electron chi connectivity index (χ3n) is 3.95. The van der Waals surface area contributed by atoms with E-state index in [0.29, 0.717) is 11.8 Å². The maximum atomic E-state index is 9.45. The minimum Gasteiger partial charge on any atom is -0.508 e. The second kappa shape index (κ2) is 5.54. The topological polar surface area (TPSA) is 23.5 Å². The molecule has 0 amide bonds. The lowest BCUT2D eigenvalue weighted by Crippen LogP contribution is -2.34. The summed E-state index contributed by atoms with van der Waals surface area (Å²) >= 11 is 0. The van der Waals surface area contributed by atoms with Crippen LogP contribution in [0.5, 0.6) is 5.75 Å². The summed E-state index contributed by atoms with van der Waals surface area (Å²) in [6, 6.07) is 8.31. The first-order valence-corrected chi connectivity index (χ1v) is 6.63. The lowest BCUT2D eigenvalue weighted by Gasteiger charge is -2.33. The maximum Gasteiger partial charge on any atom is 0.115 e. The van der Waals surface area contributed by atoms with Crippen LogP contribution >= 0.6 is 0 Å². The Bertz CT molecular complexity index is 356. The average Bonchev–Trinajstić information content (AvgIpc) is 2.29. The van der Waals surface area contributed by atoms with Crippen molar-refractivity contribution in [3.63, 3.8) is 0 Å². The number of aromatic hydroxyl groups is 1. The molecule has 0 spiro atoms. The van der Waals surface area contributed by atoms with Gasteiger partial charge in [-0.15, -0.1) is 0 Å². The number of rotatable bonds is 3. The Hall–Kier alpha value is -1.02. The smallest absolute Gasteiger partial charge is 0.115 e. The molecular formula is C15H23NO. The molecule has 94 valence electrons. The monoisotopic (exact) mass is 233 g/mol. The van der Waals surface area contributed by atoms with Gasteiger partial charge in [-0.05, 0) is 56.3 Å². The van der Waals surface area contributed by atoms with E-state index in [2.05, 4.69) is 24.9 Å². The number of hydrogen-bond donors (Lipinski definition) is 1. The molecule has 1 aromatic carbocycles. The number of nitrogens with zero attached hydrogens (tertiary/aromatic N) is 1. The molecule has 0 saturated heterocycles. The van der Waals surface area contributed by atoms with Gasteiger partial charge in [-0.25, -0.2) is 0 Å². The van der Waals surface area contributed by atoms with E-state index in [9.17, 15) is 5.11 Å². The van der Waals surface area contributed by atoms with Gasteiger partial charge >= 0.3 is 0 Å². The molecule has 17 heavy (non-hydrogen) atoms. The van der Waals surface area contributed by atoms with Gasteiger partial charge in [0, 0.05) is 12.6 Å². The Balaban J connectivity index is 1.90. The molecule has 0 radical (unpaired) electrons. The van der Waals surface area contributed by atoms with Gasteiger partial charge in [0.15, 0.2) is 0 Å². The van der Waals surface area contributed by atoms with Crippen molar-refractivity contribution in [1.82, 2.24) is 4.90 Å². The first kappa shape index (κ1) is 12.4. The van der Waals surface area contributed by atoms with Gasteiger partial charge in [0.1, 0.15) is 5.75 Å². The van der Waals surface area contributed by atoms with Crippen LogP contribution in [0.15, 0.2) is 24.3 Å². The predicted octanol–water partition coefficient (Wildman–Crippen LogP) is 3.40. The molecular weight excluding hydrogens is 210 g/mol. The Kier molecular flexibility index (Phi) is 4.06. The second-order valence-electron chi connectivity index (χ2n) is 5.50. The van der Waals surface area contributed by atoms with Crippen molar-refractivity contribution in [3.05, 3.63) is 29.8 Å². The molecule has 0 unspecified atom stereocenters. The second-order valence-corrected chi connectivity index (χ2v) is 5.50. The summed E-state index contributed by atoms with van der Waals surface area (Å²) in [4.78, 5) is 2.43. The van der Waals surface area contributed by atoms with Crippen molar-refractivity contribution >= 4 is 0 Å². The third kappa shape index (κ3) is 3.47. The Morgan fingerprint density at radius 1 is 1.24 bits per heavy atom. The molecule has 0 atom stereocenters. The van der Waals surface area contributed by atoms with E-state index in [1.807, 2.05) is 12.1 Å². The molecule has 0 aromatic heterocycles. The summed E-state index contributed by atoms with van der Waals surface area (Å²) in [6.07, 6.45) is 5.34. The third-order valence-corrected chi connectivity index (χ3v) is 3.95. The quantitative estimate of drug-likeness (QED) is 0.865. The summed E-state index contributed by atoms with van der Waals surface area (Å²) in [5, 5.41) is 9.45. The predicted molar refractivity (Wildman–Crippen MR) is 71.0 cm³/mol. The van der Waals surface area contributed by atoms with Crippen molar-refractivity contribution in [3.8, 4) is 5.75 Å². The van der Waals surface area contributed by atoms with Crippen LogP contribution < -0.4 is 0 Å². The summed E-state index contributed by atoms with van der Waals surface area (Å²) in [5.74, 6) is 1.27. The standard InChI is InChI=1S/C15H23NO/c1-12-6-8-14(9-7-12)16(2)11-13-4-3-5-15(17)10-13/h3-5,10,12,14,17H,6-9,11H2,1-2H3. The van der Waals surface area contributed by atoms with Crippen molar-refractivity contribution in [2.75, 3.05) is 7.05 Å². The fourth-order valence-corrected chi connectivity index (χ4v) is 2.76.